The SMILES string of the molecule is CN(c1ccc(C=O)c(Br)c1)C1CCCCC1. The van der Waals surface area contributed by atoms with Gasteiger partial charge in [0.15, 0.2) is 6.29 Å². The molecule has 0 unspecified atom stereocenters. The number of halogens is 1. The van der Waals surface area contributed by atoms with E-state index in [0.717, 1.165) is 10.8 Å². The Bertz CT molecular complexity index is 399. The molecule has 17 heavy (non-hydrogen) atoms. The zero-order valence-electron chi connectivity index (χ0n) is 10.2. The van der Waals surface area contributed by atoms with Gasteiger partial charge >= 0.3 is 0 Å². The number of aldehydes is 1. The zero-order chi connectivity index (χ0) is 12.3. The van der Waals surface area contributed by atoms with Crippen LogP contribution in [0.3, 0.4) is 0 Å². The van der Waals surface area contributed by atoms with Crippen molar-refractivity contribution in [2.24, 2.45) is 0 Å². The molecule has 3 heteroatoms. The Morgan fingerprint density at radius 1 is 1.29 bits per heavy atom. The number of hydrogen-bond acceptors (Lipinski definition) is 2. The van der Waals surface area contributed by atoms with Crippen LogP contribution in [-0.2, 0) is 0 Å². The van der Waals surface area contributed by atoms with Crippen molar-refractivity contribution >= 4 is 27.9 Å². The topological polar surface area (TPSA) is 20.3 Å². The largest absolute Gasteiger partial charge is 0.372 e. The first kappa shape index (κ1) is 12.6. The highest BCUT2D eigenvalue weighted by Gasteiger charge is 2.18. The minimum absolute atomic E-state index is 0.651. The molecule has 0 saturated heterocycles. The van der Waals surface area contributed by atoms with Gasteiger partial charge in [-0.2, -0.15) is 0 Å². The normalized spacial score (nSPS) is 16.8. The molecule has 2 rings (SSSR count). The van der Waals surface area contributed by atoms with Gasteiger partial charge in [-0.1, -0.05) is 19.3 Å². The lowest BCUT2D eigenvalue weighted by Crippen LogP contribution is -2.33. The summed E-state index contributed by atoms with van der Waals surface area (Å²) in [5.41, 5.74) is 1.90. The van der Waals surface area contributed by atoms with Crippen LogP contribution in [-0.4, -0.2) is 19.4 Å². The van der Waals surface area contributed by atoms with Crippen LogP contribution in [0.15, 0.2) is 22.7 Å². The lowest BCUT2D eigenvalue weighted by Gasteiger charge is -2.33. The maximum absolute atomic E-state index is 10.8. The van der Waals surface area contributed by atoms with E-state index in [0.29, 0.717) is 11.6 Å². The monoisotopic (exact) mass is 295 g/mol. The summed E-state index contributed by atoms with van der Waals surface area (Å²) >= 11 is 3.44. The molecule has 0 amide bonds. The summed E-state index contributed by atoms with van der Waals surface area (Å²) in [4.78, 5) is 13.1. The molecule has 2 nitrogen and oxygen atoms in total. The van der Waals surface area contributed by atoms with Gasteiger partial charge in [-0.05, 0) is 47.0 Å². The van der Waals surface area contributed by atoms with E-state index in [1.807, 2.05) is 18.2 Å². The predicted molar refractivity (Wildman–Crippen MR) is 74.8 cm³/mol. The van der Waals surface area contributed by atoms with E-state index in [-0.39, 0.29) is 0 Å². The van der Waals surface area contributed by atoms with E-state index >= 15 is 0 Å². The van der Waals surface area contributed by atoms with Gasteiger partial charge in [-0.15, -0.1) is 0 Å². The van der Waals surface area contributed by atoms with Crippen LogP contribution in [0.2, 0.25) is 0 Å². The number of hydrogen-bond donors (Lipinski definition) is 0. The van der Waals surface area contributed by atoms with Crippen molar-refractivity contribution in [1.82, 2.24) is 0 Å². The van der Waals surface area contributed by atoms with Gasteiger partial charge in [0.25, 0.3) is 0 Å². The molecule has 0 atom stereocenters. The quantitative estimate of drug-likeness (QED) is 0.785. The molecule has 0 radical (unpaired) electrons. The fourth-order valence-corrected chi connectivity index (χ4v) is 2.97. The molecule has 0 bridgehead atoms. The first-order chi connectivity index (χ1) is 8.22. The van der Waals surface area contributed by atoms with Gasteiger partial charge in [-0.3, -0.25) is 4.79 Å². The van der Waals surface area contributed by atoms with Crippen molar-refractivity contribution in [3.8, 4) is 0 Å². The molecule has 1 aliphatic carbocycles. The summed E-state index contributed by atoms with van der Waals surface area (Å²) in [6.07, 6.45) is 7.49. The molecule has 1 saturated carbocycles. The molecule has 1 aliphatic rings. The Morgan fingerprint density at radius 3 is 2.59 bits per heavy atom. The van der Waals surface area contributed by atoms with Crippen molar-refractivity contribution in [2.45, 2.75) is 38.1 Å². The van der Waals surface area contributed by atoms with Gasteiger partial charge in [-0.25, -0.2) is 0 Å². The van der Waals surface area contributed by atoms with E-state index in [4.69, 9.17) is 0 Å². The number of anilines is 1. The van der Waals surface area contributed by atoms with Crippen LogP contribution in [0.5, 0.6) is 0 Å². The zero-order valence-corrected chi connectivity index (χ0v) is 11.7. The number of rotatable bonds is 3. The molecular weight excluding hydrogens is 278 g/mol. The Kier molecular flexibility index (Phi) is 4.21. The summed E-state index contributed by atoms with van der Waals surface area (Å²) in [6.45, 7) is 0. The molecule has 1 aromatic rings. The third kappa shape index (κ3) is 2.89. The third-order valence-electron chi connectivity index (χ3n) is 3.64. The highest BCUT2D eigenvalue weighted by Crippen LogP contribution is 2.28. The van der Waals surface area contributed by atoms with Gasteiger partial charge in [0.1, 0.15) is 0 Å². The molecule has 92 valence electrons. The molecule has 1 fully saturated rings. The van der Waals surface area contributed by atoms with Crippen molar-refractivity contribution < 1.29 is 4.79 Å². The molecule has 0 aliphatic heterocycles. The van der Waals surface area contributed by atoms with Crippen LogP contribution >= 0.6 is 15.9 Å². The van der Waals surface area contributed by atoms with Gasteiger partial charge < -0.3 is 4.90 Å². The maximum atomic E-state index is 10.8. The maximum Gasteiger partial charge on any atom is 0.151 e. The molecule has 1 aromatic carbocycles. The van der Waals surface area contributed by atoms with Crippen LogP contribution in [0.4, 0.5) is 5.69 Å². The average molecular weight is 296 g/mol. The number of nitrogens with zero attached hydrogens (tertiary/aromatic N) is 1. The summed E-state index contributed by atoms with van der Waals surface area (Å²) in [6, 6.07) is 6.60. The summed E-state index contributed by atoms with van der Waals surface area (Å²) in [5.74, 6) is 0. The molecule has 0 aromatic heterocycles. The average Bonchev–Trinajstić information content (AvgIpc) is 2.39. The minimum Gasteiger partial charge on any atom is -0.372 e. The lowest BCUT2D eigenvalue weighted by molar-refractivity contribution is 0.112. The van der Waals surface area contributed by atoms with Gasteiger partial charge in [0.2, 0.25) is 0 Å². The van der Waals surface area contributed by atoms with Crippen molar-refractivity contribution in [1.29, 1.82) is 0 Å². The second-order valence-electron chi connectivity index (χ2n) is 4.73. The second-order valence-corrected chi connectivity index (χ2v) is 5.58. The van der Waals surface area contributed by atoms with E-state index < -0.39 is 0 Å². The standard InChI is InChI=1S/C14H18BrNO/c1-16(12-5-3-2-4-6-12)13-8-7-11(10-17)14(15)9-13/h7-10,12H,2-6H2,1H3. The Balaban J connectivity index is 2.15. The van der Waals surface area contributed by atoms with E-state index in [9.17, 15) is 4.79 Å². The first-order valence-corrected chi connectivity index (χ1v) is 6.99. The second kappa shape index (κ2) is 5.67. The lowest BCUT2D eigenvalue weighted by atomic mass is 9.94. The molecule has 0 spiro atoms. The third-order valence-corrected chi connectivity index (χ3v) is 4.33. The predicted octanol–water partition coefficient (Wildman–Crippen LogP) is 4.03. The van der Waals surface area contributed by atoms with Crippen LogP contribution in [0, 0.1) is 0 Å². The van der Waals surface area contributed by atoms with Crippen molar-refractivity contribution in [2.75, 3.05) is 11.9 Å². The fourth-order valence-electron chi connectivity index (χ4n) is 2.51. The minimum atomic E-state index is 0.651. The first-order valence-electron chi connectivity index (χ1n) is 6.20. The molecule has 0 N–H and O–H groups in total. The van der Waals surface area contributed by atoms with Crippen LogP contribution < -0.4 is 4.90 Å². The van der Waals surface area contributed by atoms with E-state index in [2.05, 4.69) is 27.9 Å². The van der Waals surface area contributed by atoms with Crippen molar-refractivity contribution in [3.63, 3.8) is 0 Å². The van der Waals surface area contributed by atoms with Crippen LogP contribution in [0.1, 0.15) is 42.5 Å². The molecular formula is C14H18BrNO. The smallest absolute Gasteiger partial charge is 0.151 e. The van der Waals surface area contributed by atoms with Gasteiger partial charge in [0.05, 0.1) is 0 Å². The number of carbonyl (C=O) groups is 1. The van der Waals surface area contributed by atoms with E-state index in [1.165, 1.54) is 37.8 Å². The summed E-state index contributed by atoms with van der Waals surface area (Å²) < 4.78 is 0.882. The molecule has 0 heterocycles. The van der Waals surface area contributed by atoms with Gasteiger partial charge in [0, 0.05) is 28.8 Å². The Hall–Kier alpha value is -0.830. The Morgan fingerprint density at radius 2 is 2.00 bits per heavy atom. The highest BCUT2D eigenvalue weighted by molar-refractivity contribution is 9.10. The van der Waals surface area contributed by atoms with Crippen LogP contribution in [0.25, 0.3) is 0 Å². The summed E-state index contributed by atoms with van der Waals surface area (Å²) in [5, 5.41) is 0. The van der Waals surface area contributed by atoms with E-state index in [1.54, 1.807) is 0 Å². The fraction of sp³-hybridized carbons (Fsp3) is 0.500. The highest BCUT2D eigenvalue weighted by atomic mass is 79.9. The Labute approximate surface area is 111 Å². The summed E-state index contributed by atoms with van der Waals surface area (Å²) in [7, 11) is 2.15. The van der Waals surface area contributed by atoms with Crippen molar-refractivity contribution in [3.05, 3.63) is 28.2 Å². The number of carbonyl (C=O) groups excluding carboxylic acids is 1. The number of benzene rings is 1.